The number of imide groups is 1. The fraction of sp³-hybridized carbons (Fsp3) is 0.759. The van der Waals surface area contributed by atoms with Crippen LogP contribution in [0, 0.1) is 11.8 Å². The number of hydrogen-bond acceptors (Lipinski definition) is 9. The van der Waals surface area contributed by atoms with Gasteiger partial charge in [0.25, 0.3) is 0 Å². The van der Waals surface area contributed by atoms with E-state index in [0.717, 1.165) is 18.6 Å². The molecule has 0 spiro atoms. The summed E-state index contributed by atoms with van der Waals surface area (Å²) in [6.45, 7) is 5.24. The summed E-state index contributed by atoms with van der Waals surface area (Å²) < 4.78 is 6.87. The third kappa shape index (κ3) is 14.5. The molecule has 1 unspecified atom stereocenters. The minimum Gasteiger partial charge on any atom is -0.347 e. The Kier molecular flexibility index (Phi) is 17.6. The third-order valence-electron chi connectivity index (χ3n) is 7.02. The van der Waals surface area contributed by atoms with E-state index >= 15 is 0 Å². The van der Waals surface area contributed by atoms with Crippen LogP contribution in [-0.4, -0.2) is 82.1 Å². The average Bonchev–Trinajstić information content (AvgIpc) is 3.21. The molecule has 41 heavy (non-hydrogen) atoms. The Morgan fingerprint density at radius 3 is 2.34 bits per heavy atom. The number of carbonyl (C=O) groups is 7. The van der Waals surface area contributed by atoms with Gasteiger partial charge in [0.05, 0.1) is 17.2 Å². The second kappa shape index (κ2) is 20.6. The number of ketones is 2. The van der Waals surface area contributed by atoms with Crippen molar-refractivity contribution in [1.29, 1.82) is 0 Å². The van der Waals surface area contributed by atoms with E-state index < -0.39 is 24.1 Å². The van der Waals surface area contributed by atoms with E-state index in [1.807, 2.05) is 6.26 Å². The lowest BCUT2D eigenvalue weighted by atomic mass is 9.98. The van der Waals surface area contributed by atoms with Crippen LogP contribution in [0.3, 0.4) is 0 Å². The lowest BCUT2D eigenvalue weighted by Gasteiger charge is -2.18. The van der Waals surface area contributed by atoms with Gasteiger partial charge >= 0.3 is 0 Å². The van der Waals surface area contributed by atoms with Crippen LogP contribution in [-0.2, 0) is 33.6 Å². The first kappa shape index (κ1) is 35.0. The Bertz CT molecular complexity index is 966. The van der Waals surface area contributed by atoms with Crippen LogP contribution in [0.25, 0.3) is 0 Å². The van der Waals surface area contributed by atoms with Gasteiger partial charge in [-0.15, -0.1) is 11.8 Å². The molecule has 0 aromatic heterocycles. The fourth-order valence-electron chi connectivity index (χ4n) is 4.33. The second-order valence-corrected chi connectivity index (χ2v) is 12.8. The zero-order valence-corrected chi connectivity index (χ0v) is 26.5. The normalized spacial score (nSPS) is 17.5. The molecule has 2 N–H and O–H groups in total. The molecule has 1 fully saturated rings. The molecule has 12 heteroatoms. The number of aldehydes is 1. The van der Waals surface area contributed by atoms with Crippen LogP contribution < -0.4 is 10.6 Å². The zero-order valence-electron chi connectivity index (χ0n) is 25.8. The number of rotatable bonds is 23. The quantitative estimate of drug-likeness (QED) is 0.0766. The van der Waals surface area contributed by atoms with Gasteiger partial charge in [-0.3, -0.25) is 33.7 Å². The maximum absolute atomic E-state index is 12.6. The summed E-state index contributed by atoms with van der Waals surface area (Å²) in [5.74, 6) is -1.13. The van der Waals surface area contributed by atoms with Crippen molar-refractivity contribution in [1.82, 2.24) is 15.5 Å². The van der Waals surface area contributed by atoms with E-state index in [4.69, 9.17) is 1.37 Å². The highest BCUT2D eigenvalue weighted by molar-refractivity contribution is 8.00. The van der Waals surface area contributed by atoms with Gasteiger partial charge in [0.1, 0.15) is 13.4 Å². The van der Waals surface area contributed by atoms with E-state index in [1.165, 1.54) is 16.7 Å². The number of hydrogen-bond donors (Lipinski definition) is 2. The van der Waals surface area contributed by atoms with E-state index in [-0.39, 0.29) is 66.1 Å². The van der Waals surface area contributed by atoms with E-state index in [2.05, 4.69) is 10.6 Å². The number of nitrogens with zero attached hydrogens (tertiary/aromatic N) is 1. The topological polar surface area (TPSA) is 147 Å². The van der Waals surface area contributed by atoms with Gasteiger partial charge < -0.3 is 15.4 Å². The van der Waals surface area contributed by atoms with Crippen molar-refractivity contribution in [3.8, 4) is 0 Å². The molecule has 0 radical (unpaired) electrons. The molecule has 4 amide bonds. The monoisotopic (exact) mass is 614 g/mol. The number of thioether (sulfide) groups is 2. The molecule has 0 aliphatic carbocycles. The van der Waals surface area contributed by atoms with Crippen molar-refractivity contribution in [2.75, 3.05) is 24.4 Å². The molecule has 0 saturated carbocycles. The molecule has 4 atom stereocenters. The summed E-state index contributed by atoms with van der Waals surface area (Å²) in [5, 5.41) is 5.16. The first-order valence-corrected chi connectivity index (χ1v) is 16.9. The van der Waals surface area contributed by atoms with Crippen LogP contribution >= 0.6 is 23.5 Å². The number of nitrogens with one attached hydrogen (secondary N) is 2. The summed E-state index contributed by atoms with van der Waals surface area (Å²) in [6.07, 6.45) is 6.54. The summed E-state index contributed by atoms with van der Waals surface area (Å²) in [7, 11) is 0. The summed E-state index contributed by atoms with van der Waals surface area (Å²) in [6, 6.07) is -0.781. The highest BCUT2D eigenvalue weighted by atomic mass is 32.2. The number of Topliss-reactive ketones (excluding diaryl/α,β-unsaturated/α-hetero) is 2. The first-order chi connectivity index (χ1) is 19.9. The zero-order chi connectivity index (χ0) is 31.7. The summed E-state index contributed by atoms with van der Waals surface area (Å²) in [5.41, 5.74) is 0. The Balaban J connectivity index is 2.22. The van der Waals surface area contributed by atoms with Gasteiger partial charge in [-0.2, -0.15) is 11.8 Å². The van der Waals surface area contributed by atoms with Crippen LogP contribution in [0.1, 0.15) is 92.8 Å². The van der Waals surface area contributed by atoms with E-state index in [9.17, 15) is 33.6 Å². The van der Waals surface area contributed by atoms with Crippen molar-refractivity contribution in [2.24, 2.45) is 11.8 Å². The molecule has 1 aliphatic heterocycles. The number of amides is 4. The minimum absolute atomic E-state index is 0.0149. The van der Waals surface area contributed by atoms with E-state index in [1.54, 1.807) is 32.5 Å². The van der Waals surface area contributed by atoms with Crippen molar-refractivity contribution in [3.63, 3.8) is 0 Å². The Morgan fingerprint density at radius 1 is 1.00 bits per heavy atom. The molecule has 0 aromatic carbocycles. The lowest BCUT2D eigenvalue weighted by molar-refractivity contribution is -0.138. The molecule has 1 rings (SSSR count). The van der Waals surface area contributed by atoms with Gasteiger partial charge in [-0.05, 0) is 44.6 Å². The van der Waals surface area contributed by atoms with Crippen LogP contribution in [0.2, 0.25) is 0 Å². The van der Waals surface area contributed by atoms with Gasteiger partial charge in [-0.25, -0.2) is 0 Å². The van der Waals surface area contributed by atoms with Gasteiger partial charge in [0.2, 0.25) is 23.6 Å². The first-order valence-electron chi connectivity index (χ1n) is 14.9. The van der Waals surface area contributed by atoms with Gasteiger partial charge in [0, 0.05) is 50.5 Å². The standard InChI is InChI=1S/C29H47N3O7S2/c1-20(16-23(34)12-8-7-9-13-32-26(36)18-25(40-4)29(32)39)28(38)31-22(3)24(35)17-21(2)27(37)30-19-41-15-11-6-5-10-14-33/h14,20-22,25H,5-13,15-19H2,1-4H3,(H,30,37)(H,31,38)/t20-,21-,22-,25?/m1/s1/i14D. The molecular formula is C29H47N3O7S2. The number of carbonyl (C=O) groups excluding carboxylic acids is 7. The predicted molar refractivity (Wildman–Crippen MR) is 162 cm³/mol. The largest absolute Gasteiger partial charge is 0.347 e. The number of likely N-dealkylation sites (tertiary alicyclic amines) is 1. The Labute approximate surface area is 254 Å². The Hall–Kier alpha value is -2.21. The fourth-order valence-corrected chi connectivity index (χ4v) is 5.77. The van der Waals surface area contributed by atoms with Crippen LogP contribution in [0.4, 0.5) is 0 Å². The summed E-state index contributed by atoms with van der Waals surface area (Å²) in [4.78, 5) is 85.8. The predicted octanol–water partition coefficient (Wildman–Crippen LogP) is 3.30. The molecule has 1 heterocycles. The average molecular weight is 615 g/mol. The smallest absolute Gasteiger partial charge is 0.242 e. The van der Waals surface area contributed by atoms with Crippen LogP contribution in [0.15, 0.2) is 0 Å². The molecule has 232 valence electrons. The molecular weight excluding hydrogens is 566 g/mol. The van der Waals surface area contributed by atoms with Crippen molar-refractivity contribution in [2.45, 2.75) is 103 Å². The van der Waals surface area contributed by atoms with Crippen molar-refractivity contribution in [3.05, 3.63) is 0 Å². The molecule has 1 saturated heterocycles. The molecule has 1 aliphatic rings. The third-order valence-corrected chi connectivity index (χ3v) is 8.88. The van der Waals surface area contributed by atoms with E-state index in [0.29, 0.717) is 44.5 Å². The summed E-state index contributed by atoms with van der Waals surface area (Å²) >= 11 is 2.94. The lowest BCUT2D eigenvalue weighted by Crippen LogP contribution is -2.43. The maximum Gasteiger partial charge on any atom is 0.242 e. The highest BCUT2D eigenvalue weighted by Crippen LogP contribution is 2.23. The van der Waals surface area contributed by atoms with Gasteiger partial charge in [0.15, 0.2) is 5.78 Å². The molecule has 0 aromatic rings. The highest BCUT2D eigenvalue weighted by Gasteiger charge is 2.37. The van der Waals surface area contributed by atoms with Crippen molar-refractivity contribution >= 4 is 65.0 Å². The van der Waals surface area contributed by atoms with Gasteiger partial charge in [-0.1, -0.05) is 26.7 Å². The Morgan fingerprint density at radius 2 is 1.68 bits per heavy atom. The molecule has 10 nitrogen and oxygen atoms in total. The number of unbranched alkanes of at least 4 members (excludes halogenated alkanes) is 4. The maximum atomic E-state index is 12.6. The molecule has 0 bridgehead atoms. The van der Waals surface area contributed by atoms with Crippen LogP contribution in [0.5, 0.6) is 0 Å². The SMILES string of the molecule is [2H]C(=O)CCCCCSCNC(=O)[C@H](C)CC(=O)[C@@H](C)NC(=O)[C@H](C)CC(=O)CCCCCN1C(=O)CC(SC)C1=O. The van der Waals surface area contributed by atoms with Crippen molar-refractivity contribution < 1.29 is 34.9 Å². The minimum atomic E-state index is -0.781. The second-order valence-electron chi connectivity index (χ2n) is 10.6.